The standard InChI is InChI=1S/C66H44F4N2/c1-65(2)57-35-47(71(49-31-41(67)29-42(68)32-49)45-21-19-37-11-5-7-13-39(37)27-45)23-25-51(57)61-53-15-10-18-56-60(53)59-54(16-9-17-55(59)63(61)65)62-52-26-24-48(36-58(52)66(3,4)64(56)62)72(50-33-43(69)30-44(70)34-50)46-22-20-38-12-6-8-14-40(38)28-46/h5-36H,1-4H3. The van der Waals surface area contributed by atoms with Gasteiger partial charge in [0.15, 0.2) is 0 Å². The molecule has 0 spiro atoms. The first kappa shape index (κ1) is 42.4. The fraction of sp³-hybridized carbons (Fsp3) is 0.0909. The van der Waals surface area contributed by atoms with E-state index in [0.29, 0.717) is 11.4 Å². The van der Waals surface area contributed by atoms with Gasteiger partial charge in [0.2, 0.25) is 0 Å². The van der Waals surface area contributed by atoms with Crippen molar-refractivity contribution in [2.45, 2.75) is 38.5 Å². The summed E-state index contributed by atoms with van der Waals surface area (Å²) >= 11 is 0. The Hall–Kier alpha value is -8.48. The van der Waals surface area contributed by atoms with E-state index < -0.39 is 34.1 Å². The van der Waals surface area contributed by atoms with Gasteiger partial charge in [0, 0.05) is 45.7 Å². The van der Waals surface area contributed by atoms with Gasteiger partial charge in [0.1, 0.15) is 23.3 Å². The van der Waals surface area contributed by atoms with E-state index in [1.807, 2.05) is 46.2 Å². The number of halogens is 4. The van der Waals surface area contributed by atoms with Crippen LogP contribution in [0.2, 0.25) is 0 Å². The lowest BCUT2D eigenvalue weighted by Gasteiger charge is -2.29. The van der Waals surface area contributed by atoms with Crippen molar-refractivity contribution in [1.82, 2.24) is 0 Å². The highest BCUT2D eigenvalue weighted by molar-refractivity contribution is 6.33. The third-order valence-electron chi connectivity index (χ3n) is 15.8. The lowest BCUT2D eigenvalue weighted by atomic mass is 9.75. The summed E-state index contributed by atoms with van der Waals surface area (Å²) in [4.78, 5) is 3.91. The molecular weight excluding hydrogens is 897 g/mol. The van der Waals surface area contributed by atoms with Crippen molar-refractivity contribution in [2.75, 3.05) is 9.80 Å². The number of nitrogens with zero attached hydrogens (tertiary/aromatic N) is 2. The monoisotopic (exact) mass is 940 g/mol. The number of anilines is 6. The zero-order chi connectivity index (χ0) is 48.9. The van der Waals surface area contributed by atoms with Crippen LogP contribution in [0.3, 0.4) is 0 Å². The van der Waals surface area contributed by atoms with Crippen LogP contribution in [-0.2, 0) is 10.8 Å². The Morgan fingerprint density at radius 2 is 0.653 bits per heavy atom. The van der Waals surface area contributed by atoms with E-state index in [-0.39, 0.29) is 0 Å². The summed E-state index contributed by atoms with van der Waals surface area (Å²) in [6, 6.07) is 62.3. The van der Waals surface area contributed by atoms with Crippen LogP contribution in [0, 0.1) is 23.3 Å². The normalized spacial score (nSPS) is 14.1. The second-order valence-electron chi connectivity index (χ2n) is 20.7. The van der Waals surface area contributed by atoms with Gasteiger partial charge >= 0.3 is 0 Å². The molecule has 6 heteroatoms. The van der Waals surface area contributed by atoms with Crippen LogP contribution in [-0.4, -0.2) is 0 Å². The van der Waals surface area contributed by atoms with Crippen molar-refractivity contribution in [2.24, 2.45) is 0 Å². The van der Waals surface area contributed by atoms with E-state index in [1.165, 1.54) is 78.8 Å². The summed E-state index contributed by atoms with van der Waals surface area (Å²) in [5.41, 5.74) is 12.4. The van der Waals surface area contributed by atoms with Gasteiger partial charge in [0.05, 0.1) is 11.4 Å². The molecule has 0 atom stereocenters. The third-order valence-corrected chi connectivity index (χ3v) is 15.8. The van der Waals surface area contributed by atoms with Crippen molar-refractivity contribution in [1.29, 1.82) is 0 Å². The third kappa shape index (κ3) is 6.02. The molecule has 0 amide bonds. The smallest absolute Gasteiger partial charge is 0.128 e. The number of hydrogen-bond donors (Lipinski definition) is 0. The summed E-state index contributed by atoms with van der Waals surface area (Å²) in [6.45, 7) is 9.18. The summed E-state index contributed by atoms with van der Waals surface area (Å²) in [5.74, 6) is -2.57. The summed E-state index contributed by atoms with van der Waals surface area (Å²) in [7, 11) is 0. The van der Waals surface area contributed by atoms with E-state index in [2.05, 4.69) is 149 Å². The second-order valence-corrected chi connectivity index (χ2v) is 20.7. The summed E-state index contributed by atoms with van der Waals surface area (Å²) in [6.07, 6.45) is 0. The first-order valence-electron chi connectivity index (χ1n) is 24.4. The summed E-state index contributed by atoms with van der Waals surface area (Å²) in [5, 5.41) is 11.4. The van der Waals surface area contributed by atoms with Crippen LogP contribution in [0.1, 0.15) is 49.9 Å². The fourth-order valence-corrected chi connectivity index (χ4v) is 12.8. The molecule has 72 heavy (non-hydrogen) atoms. The topological polar surface area (TPSA) is 6.48 Å². The zero-order valence-electron chi connectivity index (χ0n) is 39.9. The van der Waals surface area contributed by atoms with Crippen LogP contribution in [0.25, 0.3) is 76.1 Å². The molecule has 0 aliphatic heterocycles. The number of rotatable bonds is 6. The highest BCUT2D eigenvalue weighted by Gasteiger charge is 2.43. The molecule has 0 heterocycles. The van der Waals surface area contributed by atoms with Gasteiger partial charge in [-0.3, -0.25) is 0 Å². The minimum absolute atomic E-state index is 0.395. The zero-order valence-corrected chi connectivity index (χ0v) is 39.9. The highest BCUT2D eigenvalue weighted by atomic mass is 19.1. The van der Waals surface area contributed by atoms with E-state index in [9.17, 15) is 0 Å². The molecule has 14 rings (SSSR count). The largest absolute Gasteiger partial charge is 0.310 e. The van der Waals surface area contributed by atoms with Gasteiger partial charge in [-0.05, 0) is 171 Å². The molecule has 0 radical (unpaired) electrons. The van der Waals surface area contributed by atoms with E-state index in [1.54, 1.807) is 0 Å². The molecule has 0 saturated carbocycles. The molecule has 0 N–H and O–H groups in total. The molecule has 12 aromatic carbocycles. The van der Waals surface area contributed by atoms with Crippen molar-refractivity contribution in [3.05, 3.63) is 240 Å². The Morgan fingerprint density at radius 3 is 1.06 bits per heavy atom. The highest BCUT2D eigenvalue weighted by Crippen LogP contribution is 2.61. The van der Waals surface area contributed by atoms with Crippen molar-refractivity contribution in [3.8, 4) is 22.3 Å². The van der Waals surface area contributed by atoms with E-state index in [0.717, 1.165) is 78.7 Å². The Balaban J connectivity index is 0.964. The molecular formula is C66H44F4N2. The fourth-order valence-electron chi connectivity index (χ4n) is 12.8. The lowest BCUT2D eigenvalue weighted by Crippen LogP contribution is -2.18. The average Bonchev–Trinajstić information content (AvgIpc) is 3.77. The molecule has 0 bridgehead atoms. The van der Waals surface area contributed by atoms with Crippen LogP contribution < -0.4 is 9.80 Å². The Labute approximate surface area is 414 Å². The predicted molar refractivity (Wildman–Crippen MR) is 289 cm³/mol. The Kier molecular flexibility index (Phi) is 8.84. The molecule has 0 aromatic heterocycles. The maximum atomic E-state index is 15.1. The van der Waals surface area contributed by atoms with Gasteiger partial charge in [-0.15, -0.1) is 0 Å². The van der Waals surface area contributed by atoms with Gasteiger partial charge in [-0.25, -0.2) is 17.6 Å². The molecule has 0 unspecified atom stereocenters. The number of benzene rings is 12. The van der Waals surface area contributed by atoms with Crippen LogP contribution in [0.4, 0.5) is 51.7 Å². The minimum atomic E-state index is -0.643. The van der Waals surface area contributed by atoms with Gasteiger partial charge in [0.25, 0.3) is 0 Å². The first-order chi connectivity index (χ1) is 34.8. The first-order valence-corrected chi connectivity index (χ1v) is 24.4. The van der Waals surface area contributed by atoms with Gasteiger partial charge in [-0.2, -0.15) is 0 Å². The Morgan fingerprint density at radius 1 is 0.306 bits per heavy atom. The molecule has 2 aliphatic rings. The molecule has 346 valence electrons. The van der Waals surface area contributed by atoms with Crippen molar-refractivity contribution >= 4 is 88.0 Å². The number of hydrogen-bond acceptors (Lipinski definition) is 2. The molecule has 2 aliphatic carbocycles. The van der Waals surface area contributed by atoms with E-state index >= 15 is 17.6 Å². The summed E-state index contributed by atoms with van der Waals surface area (Å²) < 4.78 is 60.5. The molecule has 0 saturated heterocycles. The minimum Gasteiger partial charge on any atom is -0.310 e. The Bertz CT molecular complexity index is 3990. The maximum absolute atomic E-state index is 15.1. The average molecular weight is 941 g/mol. The van der Waals surface area contributed by atoms with E-state index in [4.69, 9.17) is 0 Å². The maximum Gasteiger partial charge on any atom is 0.128 e. The SMILES string of the molecule is CC1(C)c2cc(N(c3cc(F)cc(F)c3)c3ccc4ccccc4c3)ccc2-c2c1c1cccc3c4c(c5cccc2c5c31)C(C)(C)c1cc(N(c2cc(F)cc(F)c2)c2ccc3ccccc3c2)ccc1-4. The van der Waals surface area contributed by atoms with Crippen molar-refractivity contribution < 1.29 is 17.6 Å². The lowest BCUT2D eigenvalue weighted by molar-refractivity contribution is 0.583. The second kappa shape index (κ2) is 15.0. The van der Waals surface area contributed by atoms with Crippen LogP contribution in [0.5, 0.6) is 0 Å². The predicted octanol–water partition coefficient (Wildman–Crippen LogP) is 19.0. The molecule has 0 fully saturated rings. The molecule has 2 nitrogen and oxygen atoms in total. The van der Waals surface area contributed by atoms with Crippen molar-refractivity contribution in [3.63, 3.8) is 0 Å². The van der Waals surface area contributed by atoms with Gasteiger partial charge in [-0.1, -0.05) is 137 Å². The van der Waals surface area contributed by atoms with Crippen LogP contribution >= 0.6 is 0 Å². The van der Waals surface area contributed by atoms with Crippen LogP contribution in [0.15, 0.2) is 194 Å². The van der Waals surface area contributed by atoms with Gasteiger partial charge < -0.3 is 9.80 Å². The quantitative estimate of drug-likeness (QED) is 0.121. The molecule has 12 aromatic rings. The number of fused-ring (bicyclic) bond motifs is 12.